The minimum absolute atomic E-state index is 0.0214. The number of carbonyl (C=O) groups is 2. The molecular weight excluding hydrogens is 332 g/mol. The average Bonchev–Trinajstić information content (AvgIpc) is 2.59. The van der Waals surface area contributed by atoms with Crippen LogP contribution in [0.25, 0.3) is 0 Å². The van der Waals surface area contributed by atoms with Crippen LogP contribution in [-0.2, 0) is 20.9 Å². The fraction of sp³-hybridized carbons (Fsp3) is 0.556. The van der Waals surface area contributed by atoms with Crippen molar-refractivity contribution in [3.8, 4) is 0 Å². The van der Waals surface area contributed by atoms with Crippen LogP contribution in [0.4, 0.5) is 8.78 Å². The lowest BCUT2D eigenvalue weighted by molar-refractivity contribution is -0.172. The number of aliphatic hydroxyl groups is 1. The van der Waals surface area contributed by atoms with E-state index in [0.29, 0.717) is 12.8 Å². The van der Waals surface area contributed by atoms with Crippen molar-refractivity contribution in [1.82, 2.24) is 5.32 Å². The highest BCUT2D eigenvalue weighted by Crippen LogP contribution is 2.27. The summed E-state index contributed by atoms with van der Waals surface area (Å²) in [4.78, 5) is 23.6. The number of esters is 1. The van der Waals surface area contributed by atoms with Crippen molar-refractivity contribution >= 4 is 11.9 Å². The van der Waals surface area contributed by atoms with Gasteiger partial charge in [-0.25, -0.2) is 4.79 Å². The van der Waals surface area contributed by atoms with Crippen molar-refractivity contribution in [2.24, 2.45) is 5.92 Å². The summed E-state index contributed by atoms with van der Waals surface area (Å²) in [5.41, 5.74) is 0.739. The highest BCUT2D eigenvalue weighted by atomic mass is 19.3. The summed E-state index contributed by atoms with van der Waals surface area (Å²) >= 11 is 0. The minimum atomic E-state index is -3.98. The van der Waals surface area contributed by atoms with Gasteiger partial charge in [0.2, 0.25) is 0 Å². The quantitative estimate of drug-likeness (QED) is 0.666. The van der Waals surface area contributed by atoms with E-state index in [1.807, 2.05) is 5.32 Å². The molecule has 1 rings (SSSR count). The largest absolute Gasteiger partial charge is 0.459 e. The molecule has 25 heavy (non-hydrogen) atoms. The van der Waals surface area contributed by atoms with Crippen LogP contribution in [-0.4, -0.2) is 35.1 Å². The third-order valence-electron chi connectivity index (χ3n) is 3.88. The second-order valence-electron chi connectivity index (χ2n) is 6.12. The molecule has 0 spiro atoms. The lowest BCUT2D eigenvalue weighted by atomic mass is 9.94. The molecule has 1 aromatic rings. The first kappa shape index (κ1) is 21.0. The number of alkyl halides is 2. The molecule has 0 aromatic heterocycles. The Morgan fingerprint density at radius 1 is 1.24 bits per heavy atom. The third-order valence-corrected chi connectivity index (χ3v) is 3.88. The molecule has 1 unspecified atom stereocenters. The van der Waals surface area contributed by atoms with E-state index in [-0.39, 0.29) is 6.61 Å². The number of amides is 1. The SMILES string of the molecule is CCC[C@H](C)C(O)C(F)(F)C(=O)N[C@@H](C)C(=O)OCc1ccccc1. The molecule has 0 aliphatic rings. The summed E-state index contributed by atoms with van der Waals surface area (Å²) in [6, 6.07) is 7.59. The number of rotatable bonds is 9. The molecule has 3 atom stereocenters. The molecule has 0 bridgehead atoms. The Hall–Kier alpha value is -2.02. The molecule has 5 nitrogen and oxygen atoms in total. The maximum atomic E-state index is 14.0. The minimum Gasteiger partial charge on any atom is -0.459 e. The zero-order valence-electron chi connectivity index (χ0n) is 14.7. The van der Waals surface area contributed by atoms with Crippen molar-refractivity contribution in [2.45, 2.75) is 58.3 Å². The first-order valence-corrected chi connectivity index (χ1v) is 8.27. The summed E-state index contributed by atoms with van der Waals surface area (Å²) in [6.45, 7) is 4.48. The standard InChI is InChI=1S/C18H25F2NO4/c1-4-8-12(2)15(22)18(19,20)17(24)21-13(3)16(23)25-11-14-9-6-5-7-10-14/h5-7,9-10,12-13,15,22H,4,8,11H2,1-3H3,(H,21,24)/t12-,13-,15?/m0/s1. The molecule has 1 aromatic carbocycles. The van der Waals surface area contributed by atoms with E-state index in [1.165, 1.54) is 13.8 Å². The zero-order valence-corrected chi connectivity index (χ0v) is 14.7. The molecule has 140 valence electrons. The van der Waals surface area contributed by atoms with Gasteiger partial charge in [0, 0.05) is 0 Å². The van der Waals surface area contributed by atoms with Gasteiger partial charge in [-0.15, -0.1) is 0 Å². The second-order valence-corrected chi connectivity index (χ2v) is 6.12. The van der Waals surface area contributed by atoms with Crippen molar-refractivity contribution < 1.29 is 28.2 Å². The Labute approximate surface area is 146 Å². The van der Waals surface area contributed by atoms with E-state index in [4.69, 9.17) is 4.74 Å². The van der Waals surface area contributed by atoms with Crippen LogP contribution >= 0.6 is 0 Å². The van der Waals surface area contributed by atoms with E-state index in [1.54, 1.807) is 37.3 Å². The molecule has 1 amide bonds. The van der Waals surface area contributed by atoms with Crippen LogP contribution in [0.5, 0.6) is 0 Å². The topological polar surface area (TPSA) is 75.6 Å². The summed E-state index contributed by atoms with van der Waals surface area (Å²) in [6.07, 6.45) is -1.14. The molecule has 0 saturated heterocycles. The van der Waals surface area contributed by atoms with Gasteiger partial charge in [0.15, 0.2) is 0 Å². The van der Waals surface area contributed by atoms with Gasteiger partial charge in [-0.1, -0.05) is 50.6 Å². The summed E-state index contributed by atoms with van der Waals surface area (Å²) in [7, 11) is 0. The van der Waals surface area contributed by atoms with Crippen LogP contribution in [0.3, 0.4) is 0 Å². The normalized spacial score (nSPS) is 15.1. The molecule has 7 heteroatoms. The molecule has 0 aliphatic heterocycles. The van der Waals surface area contributed by atoms with Crippen molar-refractivity contribution in [3.05, 3.63) is 35.9 Å². The third kappa shape index (κ3) is 6.08. The van der Waals surface area contributed by atoms with Crippen LogP contribution in [0, 0.1) is 5.92 Å². The number of halogens is 2. The molecule has 0 heterocycles. The molecule has 0 saturated carbocycles. The lowest BCUT2D eigenvalue weighted by Crippen LogP contribution is -2.54. The lowest BCUT2D eigenvalue weighted by Gasteiger charge is -2.27. The van der Waals surface area contributed by atoms with E-state index in [0.717, 1.165) is 5.56 Å². The Balaban J connectivity index is 2.57. The molecule has 0 aliphatic carbocycles. The van der Waals surface area contributed by atoms with E-state index in [2.05, 4.69) is 0 Å². The molecule has 0 fully saturated rings. The molecule has 0 radical (unpaired) electrons. The van der Waals surface area contributed by atoms with Gasteiger partial charge >= 0.3 is 11.9 Å². The fourth-order valence-electron chi connectivity index (χ4n) is 2.31. The summed E-state index contributed by atoms with van der Waals surface area (Å²) in [5, 5.41) is 11.6. The number of nitrogens with one attached hydrogen (secondary N) is 1. The Bertz CT molecular complexity index is 565. The number of carbonyl (C=O) groups excluding carboxylic acids is 2. The zero-order chi connectivity index (χ0) is 19.0. The number of benzene rings is 1. The predicted octanol–water partition coefficient (Wildman–Crippen LogP) is 2.67. The van der Waals surface area contributed by atoms with Crippen LogP contribution in [0.1, 0.15) is 39.2 Å². The van der Waals surface area contributed by atoms with Crippen LogP contribution in [0.15, 0.2) is 30.3 Å². The average molecular weight is 357 g/mol. The maximum absolute atomic E-state index is 14.0. The van der Waals surface area contributed by atoms with Crippen LogP contribution < -0.4 is 5.32 Å². The van der Waals surface area contributed by atoms with Gasteiger partial charge in [0.1, 0.15) is 18.8 Å². The van der Waals surface area contributed by atoms with Crippen molar-refractivity contribution in [3.63, 3.8) is 0 Å². The highest BCUT2D eigenvalue weighted by Gasteiger charge is 2.49. The molecule has 2 N–H and O–H groups in total. The van der Waals surface area contributed by atoms with Gasteiger partial charge in [-0.05, 0) is 24.8 Å². The highest BCUT2D eigenvalue weighted by molar-refractivity contribution is 5.88. The first-order chi connectivity index (χ1) is 11.7. The maximum Gasteiger partial charge on any atom is 0.349 e. The van der Waals surface area contributed by atoms with Gasteiger partial charge in [0.25, 0.3) is 5.91 Å². The summed E-state index contributed by atoms with van der Waals surface area (Å²) in [5.74, 6) is -7.25. The van der Waals surface area contributed by atoms with Gasteiger partial charge < -0.3 is 15.2 Å². The number of hydrogen-bond acceptors (Lipinski definition) is 4. The van der Waals surface area contributed by atoms with E-state index >= 15 is 0 Å². The van der Waals surface area contributed by atoms with Gasteiger partial charge in [-0.3, -0.25) is 4.79 Å². The van der Waals surface area contributed by atoms with E-state index < -0.39 is 35.9 Å². The van der Waals surface area contributed by atoms with Gasteiger partial charge in [-0.2, -0.15) is 8.78 Å². The van der Waals surface area contributed by atoms with Gasteiger partial charge in [0.05, 0.1) is 0 Å². The first-order valence-electron chi connectivity index (χ1n) is 8.27. The Morgan fingerprint density at radius 2 is 1.84 bits per heavy atom. The number of hydrogen-bond donors (Lipinski definition) is 2. The Morgan fingerprint density at radius 3 is 2.40 bits per heavy atom. The summed E-state index contributed by atoms with van der Waals surface area (Å²) < 4.78 is 33.1. The van der Waals surface area contributed by atoms with Crippen molar-refractivity contribution in [1.29, 1.82) is 0 Å². The van der Waals surface area contributed by atoms with E-state index in [9.17, 15) is 23.5 Å². The number of aliphatic hydroxyl groups excluding tert-OH is 1. The Kier molecular flexibility index (Phi) is 7.96. The molecular formula is C18H25F2NO4. The number of ether oxygens (including phenoxy) is 1. The second kappa shape index (κ2) is 9.46. The fourth-order valence-corrected chi connectivity index (χ4v) is 2.31. The smallest absolute Gasteiger partial charge is 0.349 e. The predicted molar refractivity (Wildman–Crippen MR) is 88.9 cm³/mol. The van der Waals surface area contributed by atoms with Crippen molar-refractivity contribution in [2.75, 3.05) is 0 Å². The van der Waals surface area contributed by atoms with Crippen LogP contribution in [0.2, 0.25) is 0 Å². The monoisotopic (exact) mass is 357 g/mol.